The first-order valence-corrected chi connectivity index (χ1v) is 7.59. The number of nitrogens with zero attached hydrogens (tertiary/aromatic N) is 1. The monoisotopic (exact) mass is 317 g/mol. The lowest BCUT2D eigenvalue weighted by Gasteiger charge is -2.18. The third-order valence-corrected chi connectivity index (χ3v) is 4.20. The molecule has 0 spiro atoms. The number of carboxylic acid groups (broad SMARTS) is 1. The quantitative estimate of drug-likeness (QED) is 0.675. The van der Waals surface area contributed by atoms with Crippen molar-refractivity contribution in [3.63, 3.8) is 0 Å². The normalized spacial score (nSPS) is 21.7. The maximum absolute atomic E-state index is 12.0. The Labute approximate surface area is 133 Å². The van der Waals surface area contributed by atoms with E-state index in [1.165, 1.54) is 11.9 Å². The number of carbonyl (C=O) groups is 2. The zero-order valence-electron chi connectivity index (χ0n) is 12.8. The summed E-state index contributed by atoms with van der Waals surface area (Å²) in [6, 6.07) is -0.802. The smallest absolute Gasteiger partial charge is 0.336 e. The summed E-state index contributed by atoms with van der Waals surface area (Å²) in [5.74, 6) is -1.32. The van der Waals surface area contributed by atoms with Gasteiger partial charge in [-0.15, -0.1) is 0 Å². The van der Waals surface area contributed by atoms with E-state index in [4.69, 9.17) is 4.74 Å². The maximum atomic E-state index is 12.0. The molecule has 3 rings (SSSR count). The molecule has 7 heteroatoms. The van der Waals surface area contributed by atoms with Gasteiger partial charge in [0.25, 0.3) is 0 Å². The van der Waals surface area contributed by atoms with Crippen molar-refractivity contribution in [2.24, 2.45) is 0 Å². The van der Waals surface area contributed by atoms with Crippen molar-refractivity contribution in [2.75, 3.05) is 6.54 Å². The molecular formula is C16H19N3O4. The van der Waals surface area contributed by atoms with Crippen LogP contribution in [0.15, 0.2) is 35.3 Å². The number of aromatic nitrogens is 2. The van der Waals surface area contributed by atoms with Crippen LogP contribution in [0.25, 0.3) is 0 Å². The molecule has 7 nitrogen and oxygen atoms in total. The molecule has 1 aliphatic carbocycles. The van der Waals surface area contributed by atoms with Crippen molar-refractivity contribution < 1.29 is 19.4 Å². The van der Waals surface area contributed by atoms with Crippen molar-refractivity contribution in [3.05, 3.63) is 41.0 Å². The molecule has 1 aromatic rings. The van der Waals surface area contributed by atoms with Crippen LogP contribution in [-0.2, 0) is 20.7 Å². The van der Waals surface area contributed by atoms with Crippen molar-refractivity contribution >= 4 is 11.9 Å². The molecule has 2 aliphatic rings. The minimum Gasteiger partial charge on any atom is -0.480 e. The Bertz CT molecular complexity index is 676. The van der Waals surface area contributed by atoms with Gasteiger partial charge in [-0.3, -0.25) is 10.1 Å². The Kier molecular flexibility index (Phi) is 4.29. The topological polar surface area (TPSA) is 104 Å². The average molecular weight is 317 g/mol. The zero-order valence-corrected chi connectivity index (χ0v) is 12.8. The van der Waals surface area contributed by atoms with Gasteiger partial charge in [0.15, 0.2) is 0 Å². The van der Waals surface area contributed by atoms with Crippen LogP contribution in [0.5, 0.6) is 0 Å². The highest BCUT2D eigenvalue weighted by Crippen LogP contribution is 2.32. The van der Waals surface area contributed by atoms with E-state index in [2.05, 4.69) is 15.3 Å². The number of aliphatic carboxylic acids is 1. The number of ether oxygens (including phenoxy) is 1. The van der Waals surface area contributed by atoms with Gasteiger partial charge in [0.2, 0.25) is 0 Å². The van der Waals surface area contributed by atoms with Crippen LogP contribution in [-0.4, -0.2) is 45.7 Å². The van der Waals surface area contributed by atoms with Gasteiger partial charge in [0, 0.05) is 30.4 Å². The molecule has 2 atom stereocenters. The van der Waals surface area contributed by atoms with E-state index >= 15 is 0 Å². The highest BCUT2D eigenvalue weighted by Gasteiger charge is 2.34. The number of imidazole rings is 1. The van der Waals surface area contributed by atoms with Gasteiger partial charge in [-0.25, -0.2) is 9.78 Å². The predicted octanol–water partition coefficient (Wildman–Crippen LogP) is 0.957. The van der Waals surface area contributed by atoms with E-state index in [1.807, 2.05) is 13.0 Å². The number of H-pyrrole nitrogens is 1. The van der Waals surface area contributed by atoms with Gasteiger partial charge in [-0.1, -0.05) is 11.6 Å². The minimum absolute atomic E-state index is 0.180. The summed E-state index contributed by atoms with van der Waals surface area (Å²) in [7, 11) is 0. The van der Waals surface area contributed by atoms with Crippen LogP contribution in [0.1, 0.15) is 25.5 Å². The number of carbonyl (C=O) groups excluding carboxylic acids is 1. The standard InChI is InChI=1S/C16H19N3O4/c1-9-2-3-14-11(4-9)12(16(22)23-14)7-18-13(15(20)21)5-10-6-17-8-19-10/h4,6,8,13-14,18H,2-3,5,7H2,1H3,(H,17,19)(H,20,21)/t13-,14+/m0/s1. The molecule has 122 valence electrons. The second-order valence-electron chi connectivity index (χ2n) is 5.91. The number of hydrogen-bond donors (Lipinski definition) is 3. The molecule has 1 aromatic heterocycles. The van der Waals surface area contributed by atoms with E-state index in [-0.39, 0.29) is 25.0 Å². The molecular weight excluding hydrogens is 298 g/mol. The van der Waals surface area contributed by atoms with Gasteiger partial charge < -0.3 is 14.8 Å². The Hall–Kier alpha value is -2.41. The second-order valence-corrected chi connectivity index (χ2v) is 5.91. The average Bonchev–Trinajstić information content (AvgIpc) is 3.11. The van der Waals surface area contributed by atoms with Gasteiger partial charge >= 0.3 is 11.9 Å². The third-order valence-electron chi connectivity index (χ3n) is 4.20. The fourth-order valence-corrected chi connectivity index (χ4v) is 2.93. The maximum Gasteiger partial charge on any atom is 0.336 e. The van der Waals surface area contributed by atoms with Crippen LogP contribution < -0.4 is 5.32 Å². The van der Waals surface area contributed by atoms with E-state index in [9.17, 15) is 14.7 Å². The van der Waals surface area contributed by atoms with Crippen LogP contribution >= 0.6 is 0 Å². The van der Waals surface area contributed by atoms with Crippen molar-refractivity contribution in [1.82, 2.24) is 15.3 Å². The Morgan fingerprint density at radius 3 is 3.13 bits per heavy atom. The number of nitrogens with one attached hydrogen (secondary N) is 2. The number of allylic oxidation sites excluding steroid dienone is 1. The first-order valence-electron chi connectivity index (χ1n) is 7.59. The van der Waals surface area contributed by atoms with Gasteiger partial charge in [0.05, 0.1) is 11.9 Å². The van der Waals surface area contributed by atoms with Gasteiger partial charge in [-0.2, -0.15) is 0 Å². The molecule has 3 N–H and O–H groups in total. The zero-order chi connectivity index (χ0) is 16.4. The molecule has 0 saturated carbocycles. The lowest BCUT2D eigenvalue weighted by Crippen LogP contribution is -2.40. The first-order chi connectivity index (χ1) is 11.0. The second kappa shape index (κ2) is 6.37. The SMILES string of the molecule is CC1=CC2=C(CN[C@@H](Cc3cnc[nH]3)C(=O)O)C(=O)O[C@@H]2CC1. The van der Waals surface area contributed by atoms with E-state index in [0.29, 0.717) is 5.57 Å². The molecule has 1 aliphatic heterocycles. The first kappa shape index (κ1) is 15.5. The summed E-state index contributed by atoms with van der Waals surface area (Å²) >= 11 is 0. The third kappa shape index (κ3) is 3.34. The predicted molar refractivity (Wildman–Crippen MR) is 81.6 cm³/mol. The molecule has 0 fully saturated rings. The van der Waals surface area contributed by atoms with Crippen LogP contribution in [0.2, 0.25) is 0 Å². The molecule has 0 aromatic carbocycles. The van der Waals surface area contributed by atoms with Crippen molar-refractivity contribution in [2.45, 2.75) is 38.3 Å². The fourth-order valence-electron chi connectivity index (χ4n) is 2.93. The highest BCUT2D eigenvalue weighted by atomic mass is 16.5. The lowest BCUT2D eigenvalue weighted by atomic mass is 9.92. The van der Waals surface area contributed by atoms with Crippen LogP contribution in [0.4, 0.5) is 0 Å². The highest BCUT2D eigenvalue weighted by molar-refractivity contribution is 5.94. The molecule has 0 amide bonds. The van der Waals surface area contributed by atoms with Crippen LogP contribution in [0, 0.1) is 0 Å². The molecule has 0 unspecified atom stereocenters. The summed E-state index contributed by atoms with van der Waals surface area (Å²) in [5, 5.41) is 12.3. The van der Waals surface area contributed by atoms with E-state index in [0.717, 1.165) is 24.1 Å². The molecule has 0 bridgehead atoms. The number of aromatic amines is 1. The minimum atomic E-state index is -0.969. The van der Waals surface area contributed by atoms with E-state index in [1.54, 1.807) is 6.20 Å². The number of carboxylic acids is 1. The number of fused-ring (bicyclic) bond motifs is 1. The Balaban J connectivity index is 1.72. The molecule has 23 heavy (non-hydrogen) atoms. The summed E-state index contributed by atoms with van der Waals surface area (Å²) in [5.41, 5.74) is 3.35. The van der Waals surface area contributed by atoms with E-state index < -0.39 is 12.0 Å². The van der Waals surface area contributed by atoms with Gasteiger partial charge in [0.1, 0.15) is 12.1 Å². The van der Waals surface area contributed by atoms with Gasteiger partial charge in [-0.05, 0) is 19.8 Å². The summed E-state index contributed by atoms with van der Waals surface area (Å²) < 4.78 is 5.36. The number of esters is 1. The summed E-state index contributed by atoms with van der Waals surface area (Å²) in [6.45, 7) is 2.20. The summed E-state index contributed by atoms with van der Waals surface area (Å²) in [6.07, 6.45) is 6.88. The molecule has 0 radical (unpaired) electrons. The van der Waals surface area contributed by atoms with Crippen molar-refractivity contribution in [3.8, 4) is 0 Å². The number of hydrogen-bond acceptors (Lipinski definition) is 5. The fraction of sp³-hybridized carbons (Fsp3) is 0.438. The number of rotatable bonds is 6. The summed E-state index contributed by atoms with van der Waals surface area (Å²) in [4.78, 5) is 30.2. The molecule has 0 saturated heterocycles. The molecule has 2 heterocycles. The Morgan fingerprint density at radius 2 is 2.43 bits per heavy atom. The lowest BCUT2D eigenvalue weighted by molar-refractivity contribution is -0.141. The largest absolute Gasteiger partial charge is 0.480 e. The Morgan fingerprint density at radius 1 is 1.61 bits per heavy atom. The van der Waals surface area contributed by atoms with Crippen molar-refractivity contribution in [1.29, 1.82) is 0 Å². The van der Waals surface area contributed by atoms with Crippen LogP contribution in [0.3, 0.4) is 0 Å².